The number of nitrogens with one attached hydrogen (secondary N) is 1. The third-order valence-corrected chi connectivity index (χ3v) is 4.76. The average molecular weight is 327 g/mol. The summed E-state index contributed by atoms with van der Waals surface area (Å²) < 4.78 is 1.29. The van der Waals surface area contributed by atoms with Crippen molar-refractivity contribution in [2.24, 2.45) is 7.05 Å². The molecule has 0 unspecified atom stereocenters. The Labute approximate surface area is 137 Å². The van der Waals surface area contributed by atoms with Crippen LogP contribution in [0.15, 0.2) is 46.6 Å². The molecule has 118 valence electrons. The van der Waals surface area contributed by atoms with Gasteiger partial charge < -0.3 is 5.32 Å². The molecule has 5 nitrogen and oxygen atoms in total. The Morgan fingerprint density at radius 3 is 2.70 bits per heavy atom. The van der Waals surface area contributed by atoms with Crippen molar-refractivity contribution in [1.29, 1.82) is 0 Å². The molecule has 2 heterocycles. The van der Waals surface area contributed by atoms with E-state index in [1.54, 1.807) is 24.5 Å². The molecule has 0 aliphatic rings. The Kier molecular flexibility index (Phi) is 4.25. The van der Waals surface area contributed by atoms with Crippen molar-refractivity contribution in [2.45, 2.75) is 19.4 Å². The summed E-state index contributed by atoms with van der Waals surface area (Å²) in [7, 11) is 1.60. The fourth-order valence-corrected chi connectivity index (χ4v) is 3.29. The first-order chi connectivity index (χ1) is 11.1. The van der Waals surface area contributed by atoms with Crippen LogP contribution >= 0.6 is 11.3 Å². The van der Waals surface area contributed by atoms with E-state index in [1.807, 2.05) is 42.6 Å². The van der Waals surface area contributed by atoms with Crippen LogP contribution in [-0.4, -0.2) is 15.7 Å². The number of benzene rings is 1. The largest absolute Gasteiger partial charge is 0.348 e. The lowest BCUT2D eigenvalue weighted by atomic mass is 10.1. The molecule has 23 heavy (non-hydrogen) atoms. The molecule has 1 N–H and O–H groups in total. The molecule has 3 rings (SSSR count). The fraction of sp³-hybridized carbons (Fsp3) is 0.235. The molecule has 1 amide bonds. The third kappa shape index (κ3) is 3.17. The number of rotatable bonds is 4. The summed E-state index contributed by atoms with van der Waals surface area (Å²) in [6.07, 6.45) is 0.143. The third-order valence-electron chi connectivity index (χ3n) is 3.71. The van der Waals surface area contributed by atoms with Gasteiger partial charge in [-0.05, 0) is 24.4 Å². The van der Waals surface area contributed by atoms with Crippen molar-refractivity contribution in [3.63, 3.8) is 0 Å². The van der Waals surface area contributed by atoms with E-state index in [4.69, 9.17) is 0 Å². The van der Waals surface area contributed by atoms with Gasteiger partial charge in [-0.25, -0.2) is 4.68 Å². The Hall–Kier alpha value is -2.47. The van der Waals surface area contributed by atoms with Gasteiger partial charge in [-0.2, -0.15) is 5.10 Å². The molecule has 0 bridgehead atoms. The van der Waals surface area contributed by atoms with Gasteiger partial charge in [0.05, 0.1) is 23.5 Å². The van der Waals surface area contributed by atoms with Gasteiger partial charge in [0, 0.05) is 17.3 Å². The lowest BCUT2D eigenvalue weighted by molar-refractivity contribution is -0.121. The van der Waals surface area contributed by atoms with Crippen molar-refractivity contribution in [2.75, 3.05) is 0 Å². The van der Waals surface area contributed by atoms with E-state index in [-0.39, 0.29) is 23.9 Å². The van der Waals surface area contributed by atoms with Crippen molar-refractivity contribution in [3.05, 3.63) is 62.7 Å². The zero-order valence-electron chi connectivity index (χ0n) is 12.9. The lowest BCUT2D eigenvalue weighted by Crippen LogP contribution is -2.29. The predicted molar refractivity (Wildman–Crippen MR) is 91.6 cm³/mol. The minimum atomic E-state index is -0.156. The van der Waals surface area contributed by atoms with Crippen molar-refractivity contribution in [3.8, 4) is 0 Å². The topological polar surface area (TPSA) is 64.0 Å². The average Bonchev–Trinajstić information content (AvgIpc) is 3.07. The quantitative estimate of drug-likeness (QED) is 0.800. The Morgan fingerprint density at radius 2 is 2.00 bits per heavy atom. The normalized spacial score (nSPS) is 12.3. The summed E-state index contributed by atoms with van der Waals surface area (Å²) in [6, 6.07) is 11.2. The van der Waals surface area contributed by atoms with Crippen LogP contribution in [0.4, 0.5) is 0 Å². The SMILES string of the molecule is C[C@@H](NC(=O)Cc1nn(C)c(=O)c2ccccc12)c1cccs1. The molecule has 0 radical (unpaired) electrons. The van der Waals surface area contributed by atoms with Crippen molar-refractivity contribution in [1.82, 2.24) is 15.1 Å². The van der Waals surface area contributed by atoms with Gasteiger partial charge in [-0.15, -0.1) is 11.3 Å². The summed E-state index contributed by atoms with van der Waals surface area (Å²) >= 11 is 1.61. The van der Waals surface area contributed by atoms with Crippen LogP contribution < -0.4 is 10.9 Å². The number of aryl methyl sites for hydroxylation is 1. The van der Waals surface area contributed by atoms with Gasteiger partial charge in [-0.3, -0.25) is 9.59 Å². The summed E-state index contributed by atoms with van der Waals surface area (Å²) in [4.78, 5) is 25.5. The molecule has 0 aliphatic heterocycles. The molecular weight excluding hydrogens is 310 g/mol. The van der Waals surface area contributed by atoms with E-state index in [1.165, 1.54) is 4.68 Å². The van der Waals surface area contributed by atoms with Gasteiger partial charge in [-0.1, -0.05) is 24.3 Å². The molecule has 3 aromatic rings. The Balaban J connectivity index is 1.85. The van der Waals surface area contributed by atoms with Gasteiger partial charge in [0.1, 0.15) is 0 Å². The monoisotopic (exact) mass is 327 g/mol. The van der Waals surface area contributed by atoms with Crippen LogP contribution in [0.2, 0.25) is 0 Å². The van der Waals surface area contributed by atoms with Crippen LogP contribution in [0.3, 0.4) is 0 Å². The molecule has 1 aromatic carbocycles. The molecule has 0 aliphatic carbocycles. The predicted octanol–water partition coefficient (Wildman–Crippen LogP) is 2.41. The number of aromatic nitrogens is 2. The molecule has 6 heteroatoms. The first-order valence-corrected chi connectivity index (χ1v) is 8.22. The van der Waals surface area contributed by atoms with E-state index >= 15 is 0 Å². The highest BCUT2D eigenvalue weighted by atomic mass is 32.1. The van der Waals surface area contributed by atoms with E-state index in [9.17, 15) is 9.59 Å². The first kappa shape index (κ1) is 15.4. The van der Waals surface area contributed by atoms with E-state index in [2.05, 4.69) is 10.4 Å². The Morgan fingerprint density at radius 1 is 1.26 bits per heavy atom. The second-order valence-corrected chi connectivity index (χ2v) is 6.38. The van der Waals surface area contributed by atoms with Crippen LogP contribution in [0, 0.1) is 0 Å². The second-order valence-electron chi connectivity index (χ2n) is 5.40. The zero-order valence-corrected chi connectivity index (χ0v) is 13.8. The minimum absolute atomic E-state index is 0.0405. The van der Waals surface area contributed by atoms with Crippen LogP contribution in [0.5, 0.6) is 0 Å². The van der Waals surface area contributed by atoms with E-state index in [0.29, 0.717) is 11.1 Å². The molecular formula is C17H17N3O2S. The zero-order chi connectivity index (χ0) is 16.4. The fourth-order valence-electron chi connectivity index (χ4n) is 2.56. The number of hydrogen-bond donors (Lipinski definition) is 1. The van der Waals surface area contributed by atoms with E-state index < -0.39 is 0 Å². The summed E-state index contributed by atoms with van der Waals surface area (Å²) in [5.74, 6) is -0.109. The molecule has 0 fully saturated rings. The second kappa shape index (κ2) is 6.34. The number of amides is 1. The van der Waals surface area contributed by atoms with Crippen LogP contribution in [-0.2, 0) is 18.3 Å². The maximum Gasteiger partial charge on any atom is 0.274 e. The number of carbonyl (C=O) groups excluding carboxylic acids is 1. The van der Waals surface area contributed by atoms with Crippen molar-refractivity contribution >= 4 is 28.0 Å². The summed E-state index contributed by atoms with van der Waals surface area (Å²) in [5.41, 5.74) is 0.454. The van der Waals surface area contributed by atoms with Gasteiger partial charge in [0.25, 0.3) is 5.56 Å². The highest BCUT2D eigenvalue weighted by molar-refractivity contribution is 7.10. The van der Waals surface area contributed by atoms with Gasteiger partial charge in [0.2, 0.25) is 5.91 Å². The summed E-state index contributed by atoms with van der Waals surface area (Å²) in [5, 5.41) is 10.5. The molecule has 2 aromatic heterocycles. The van der Waals surface area contributed by atoms with Gasteiger partial charge in [0.15, 0.2) is 0 Å². The highest BCUT2D eigenvalue weighted by Crippen LogP contribution is 2.19. The lowest BCUT2D eigenvalue weighted by Gasteiger charge is -2.13. The number of thiophene rings is 1. The van der Waals surface area contributed by atoms with Crippen LogP contribution in [0.25, 0.3) is 10.8 Å². The van der Waals surface area contributed by atoms with E-state index in [0.717, 1.165) is 10.3 Å². The maximum absolute atomic E-state index is 12.3. The molecule has 1 atom stereocenters. The first-order valence-electron chi connectivity index (χ1n) is 7.34. The van der Waals surface area contributed by atoms with Gasteiger partial charge >= 0.3 is 0 Å². The van der Waals surface area contributed by atoms with Crippen molar-refractivity contribution < 1.29 is 4.79 Å². The minimum Gasteiger partial charge on any atom is -0.348 e. The summed E-state index contributed by atoms with van der Waals surface area (Å²) in [6.45, 7) is 1.95. The number of nitrogens with zero attached hydrogens (tertiary/aromatic N) is 2. The Bertz CT molecular complexity index is 900. The standard InChI is InChI=1S/C17H17N3O2S/c1-11(15-8-5-9-23-15)18-16(21)10-14-12-6-3-4-7-13(12)17(22)20(2)19-14/h3-9,11H,10H2,1-2H3,(H,18,21)/t11-/m1/s1. The maximum atomic E-state index is 12.3. The van der Waals surface area contributed by atoms with Crippen LogP contribution in [0.1, 0.15) is 23.5 Å². The molecule has 0 spiro atoms. The number of fused-ring (bicyclic) bond motifs is 1. The highest BCUT2D eigenvalue weighted by Gasteiger charge is 2.15. The number of carbonyl (C=O) groups is 1. The number of hydrogen-bond acceptors (Lipinski definition) is 4. The molecule has 0 saturated heterocycles. The smallest absolute Gasteiger partial charge is 0.274 e. The molecule has 0 saturated carbocycles.